The van der Waals surface area contributed by atoms with E-state index in [2.05, 4.69) is 10.4 Å². The third-order valence-electron chi connectivity index (χ3n) is 3.45. The smallest absolute Gasteiger partial charge is 0.321 e. The molecule has 0 aliphatic carbocycles. The normalized spacial score (nSPS) is 19.8. The van der Waals surface area contributed by atoms with Crippen molar-refractivity contribution in [3.63, 3.8) is 0 Å². The van der Waals surface area contributed by atoms with Gasteiger partial charge >= 0.3 is 6.03 Å². The number of amides is 2. The summed E-state index contributed by atoms with van der Waals surface area (Å²) in [6.07, 6.45) is 5.43. The zero-order chi connectivity index (χ0) is 13.8. The number of piperidine rings is 1. The van der Waals surface area contributed by atoms with Gasteiger partial charge in [-0.05, 0) is 32.6 Å². The summed E-state index contributed by atoms with van der Waals surface area (Å²) in [5, 5.41) is 16.2. The fourth-order valence-electron chi connectivity index (χ4n) is 2.29. The molecule has 6 heteroatoms. The first-order valence-corrected chi connectivity index (χ1v) is 6.81. The van der Waals surface area contributed by atoms with E-state index in [4.69, 9.17) is 0 Å². The van der Waals surface area contributed by atoms with Gasteiger partial charge in [0, 0.05) is 31.9 Å². The van der Waals surface area contributed by atoms with Gasteiger partial charge in [-0.3, -0.25) is 4.68 Å². The second-order valence-corrected chi connectivity index (χ2v) is 5.37. The molecule has 0 spiro atoms. The summed E-state index contributed by atoms with van der Waals surface area (Å²) in [7, 11) is 0. The average Bonchev–Trinajstić information content (AvgIpc) is 2.87. The topological polar surface area (TPSA) is 70.4 Å². The molecule has 1 aromatic rings. The van der Waals surface area contributed by atoms with Crippen LogP contribution in [0.25, 0.3) is 0 Å². The number of aromatic nitrogens is 2. The molecule has 1 aliphatic rings. The summed E-state index contributed by atoms with van der Waals surface area (Å²) < 4.78 is 1.81. The van der Waals surface area contributed by atoms with Crippen molar-refractivity contribution in [1.82, 2.24) is 14.7 Å². The number of nitrogens with one attached hydrogen (secondary N) is 1. The van der Waals surface area contributed by atoms with Crippen LogP contribution >= 0.6 is 0 Å². The Bertz CT molecular complexity index is 430. The summed E-state index contributed by atoms with van der Waals surface area (Å²) in [4.78, 5) is 13.9. The number of nitrogens with zero attached hydrogens (tertiary/aromatic N) is 3. The van der Waals surface area contributed by atoms with Crippen LogP contribution in [0, 0.1) is 5.92 Å². The maximum Gasteiger partial charge on any atom is 0.321 e. The van der Waals surface area contributed by atoms with E-state index in [1.807, 2.05) is 24.7 Å². The first kappa shape index (κ1) is 13.9. The van der Waals surface area contributed by atoms with E-state index in [0.717, 1.165) is 19.4 Å². The maximum atomic E-state index is 12.1. The lowest BCUT2D eigenvalue weighted by atomic mass is 9.99. The van der Waals surface area contributed by atoms with Crippen LogP contribution in [-0.2, 0) is 0 Å². The third-order valence-corrected chi connectivity index (χ3v) is 3.45. The van der Waals surface area contributed by atoms with E-state index in [-0.39, 0.29) is 24.6 Å². The molecule has 0 bridgehead atoms. The molecule has 19 heavy (non-hydrogen) atoms. The maximum absolute atomic E-state index is 12.1. The molecule has 0 aromatic carbocycles. The van der Waals surface area contributed by atoms with E-state index in [0.29, 0.717) is 12.2 Å². The number of aliphatic hydroxyl groups excluding tert-OH is 1. The molecular formula is C13H22N4O2. The summed E-state index contributed by atoms with van der Waals surface area (Å²) >= 11 is 0. The predicted molar refractivity (Wildman–Crippen MR) is 73.0 cm³/mol. The van der Waals surface area contributed by atoms with Crippen LogP contribution < -0.4 is 5.32 Å². The highest BCUT2D eigenvalue weighted by molar-refractivity contribution is 5.89. The molecule has 1 saturated heterocycles. The van der Waals surface area contributed by atoms with Gasteiger partial charge in [-0.15, -0.1) is 0 Å². The number of hydrogen-bond donors (Lipinski definition) is 2. The molecule has 1 atom stereocenters. The number of urea groups is 1. The predicted octanol–water partition coefficient (Wildman–Crippen LogP) is 1.70. The Kier molecular flexibility index (Phi) is 4.42. The van der Waals surface area contributed by atoms with Gasteiger partial charge in [0.2, 0.25) is 0 Å². The summed E-state index contributed by atoms with van der Waals surface area (Å²) in [5.41, 5.74) is 0.713. The Hall–Kier alpha value is -1.56. The first-order chi connectivity index (χ1) is 9.10. The fourth-order valence-corrected chi connectivity index (χ4v) is 2.29. The van der Waals surface area contributed by atoms with Crippen LogP contribution in [0.2, 0.25) is 0 Å². The van der Waals surface area contributed by atoms with Gasteiger partial charge in [0.05, 0.1) is 11.9 Å². The molecule has 1 unspecified atom stereocenters. The lowest BCUT2D eigenvalue weighted by Crippen LogP contribution is -2.43. The zero-order valence-electron chi connectivity index (χ0n) is 11.5. The van der Waals surface area contributed by atoms with Crippen molar-refractivity contribution in [3.05, 3.63) is 12.4 Å². The molecule has 6 nitrogen and oxygen atoms in total. The molecule has 2 N–H and O–H groups in total. The monoisotopic (exact) mass is 266 g/mol. The number of rotatable bonds is 3. The van der Waals surface area contributed by atoms with Crippen LogP contribution in [0.3, 0.4) is 0 Å². The van der Waals surface area contributed by atoms with Gasteiger partial charge in [0.25, 0.3) is 0 Å². The Labute approximate surface area is 113 Å². The minimum atomic E-state index is -0.110. The van der Waals surface area contributed by atoms with Crippen molar-refractivity contribution in [2.45, 2.75) is 32.7 Å². The molecule has 106 valence electrons. The quantitative estimate of drug-likeness (QED) is 0.874. The van der Waals surface area contributed by atoms with Crippen molar-refractivity contribution in [2.75, 3.05) is 25.0 Å². The first-order valence-electron chi connectivity index (χ1n) is 6.81. The Balaban J connectivity index is 1.92. The van der Waals surface area contributed by atoms with Gasteiger partial charge in [-0.2, -0.15) is 5.10 Å². The molecular weight excluding hydrogens is 244 g/mol. The van der Waals surface area contributed by atoms with Crippen LogP contribution in [0.4, 0.5) is 10.5 Å². The standard InChI is InChI=1S/C13H22N4O2/c1-10(2)17-8-12(6-14-17)15-13(19)16-5-3-4-11(7-16)9-18/h6,8,10-11,18H,3-5,7,9H2,1-2H3,(H,15,19). The van der Waals surface area contributed by atoms with Crippen molar-refractivity contribution >= 4 is 11.7 Å². The minimum Gasteiger partial charge on any atom is -0.396 e. The van der Waals surface area contributed by atoms with Crippen molar-refractivity contribution < 1.29 is 9.90 Å². The van der Waals surface area contributed by atoms with Crippen molar-refractivity contribution in [3.8, 4) is 0 Å². The SMILES string of the molecule is CC(C)n1cc(NC(=O)N2CCCC(CO)C2)cn1. The third kappa shape index (κ3) is 3.47. The lowest BCUT2D eigenvalue weighted by molar-refractivity contribution is 0.136. The largest absolute Gasteiger partial charge is 0.396 e. The summed E-state index contributed by atoms with van der Waals surface area (Å²) in [6, 6.07) is 0.167. The second-order valence-electron chi connectivity index (χ2n) is 5.37. The fraction of sp³-hybridized carbons (Fsp3) is 0.692. The number of hydrogen-bond acceptors (Lipinski definition) is 3. The summed E-state index contributed by atoms with van der Waals surface area (Å²) in [5.74, 6) is 0.206. The molecule has 2 heterocycles. The van der Waals surface area contributed by atoms with E-state index in [9.17, 15) is 9.90 Å². The molecule has 0 saturated carbocycles. The van der Waals surface area contributed by atoms with E-state index >= 15 is 0 Å². The highest BCUT2D eigenvalue weighted by Crippen LogP contribution is 2.17. The Morgan fingerprint density at radius 1 is 1.63 bits per heavy atom. The number of aliphatic hydroxyl groups is 1. The van der Waals surface area contributed by atoms with E-state index in [1.54, 1.807) is 11.1 Å². The van der Waals surface area contributed by atoms with Gasteiger partial charge in [-0.25, -0.2) is 4.79 Å². The number of anilines is 1. The van der Waals surface area contributed by atoms with Gasteiger partial charge < -0.3 is 15.3 Å². The minimum absolute atomic E-state index is 0.110. The Morgan fingerprint density at radius 2 is 2.42 bits per heavy atom. The van der Waals surface area contributed by atoms with E-state index in [1.165, 1.54) is 0 Å². The van der Waals surface area contributed by atoms with Crippen LogP contribution in [0.5, 0.6) is 0 Å². The van der Waals surface area contributed by atoms with Crippen LogP contribution in [0.15, 0.2) is 12.4 Å². The number of likely N-dealkylation sites (tertiary alicyclic amines) is 1. The molecule has 2 rings (SSSR count). The zero-order valence-corrected chi connectivity index (χ0v) is 11.5. The molecule has 2 amide bonds. The molecule has 1 fully saturated rings. The molecule has 1 aliphatic heterocycles. The lowest BCUT2D eigenvalue weighted by Gasteiger charge is -2.31. The van der Waals surface area contributed by atoms with Gasteiger partial charge in [0.1, 0.15) is 0 Å². The molecule has 1 aromatic heterocycles. The van der Waals surface area contributed by atoms with Crippen molar-refractivity contribution in [2.24, 2.45) is 5.92 Å². The average molecular weight is 266 g/mol. The molecule has 0 radical (unpaired) electrons. The van der Waals surface area contributed by atoms with Crippen LogP contribution in [0.1, 0.15) is 32.7 Å². The van der Waals surface area contributed by atoms with Gasteiger partial charge in [0.15, 0.2) is 0 Å². The van der Waals surface area contributed by atoms with Crippen molar-refractivity contribution in [1.29, 1.82) is 0 Å². The second kappa shape index (κ2) is 6.06. The van der Waals surface area contributed by atoms with E-state index < -0.39 is 0 Å². The van der Waals surface area contributed by atoms with Gasteiger partial charge in [-0.1, -0.05) is 0 Å². The number of carbonyl (C=O) groups excluding carboxylic acids is 1. The highest BCUT2D eigenvalue weighted by atomic mass is 16.3. The summed E-state index contributed by atoms with van der Waals surface area (Å²) in [6.45, 7) is 5.60. The highest BCUT2D eigenvalue weighted by Gasteiger charge is 2.23. The Morgan fingerprint density at radius 3 is 3.05 bits per heavy atom. The number of carbonyl (C=O) groups is 1. The van der Waals surface area contributed by atoms with Crippen LogP contribution in [-0.4, -0.2) is 45.5 Å².